The van der Waals surface area contributed by atoms with Crippen LogP contribution in [0.1, 0.15) is 30.9 Å². The van der Waals surface area contributed by atoms with E-state index in [0.29, 0.717) is 23.5 Å². The summed E-state index contributed by atoms with van der Waals surface area (Å²) in [4.78, 5) is 6.25. The first-order chi connectivity index (χ1) is 15.7. The lowest BCUT2D eigenvalue weighted by Gasteiger charge is -2.40. The van der Waals surface area contributed by atoms with Crippen LogP contribution < -0.4 is 9.47 Å². The van der Waals surface area contributed by atoms with Crippen molar-refractivity contribution >= 4 is 15.9 Å². The normalized spacial score (nSPS) is 25.8. The number of pyridine rings is 1. The number of fused-ring (bicyclic) bond motifs is 3. The number of aromatic nitrogens is 1. The molecule has 0 amide bonds. The third-order valence-electron chi connectivity index (χ3n) is 6.07. The Bertz CT molecular complexity index is 1050. The Morgan fingerprint density at radius 1 is 1.27 bits per heavy atom. The highest BCUT2D eigenvalue weighted by Crippen LogP contribution is 2.66. The van der Waals surface area contributed by atoms with Gasteiger partial charge in [-0.25, -0.2) is 0 Å². The third-order valence-corrected chi connectivity index (χ3v) is 6.60. The number of hydrogen-bond donors (Lipinski definition) is 1. The summed E-state index contributed by atoms with van der Waals surface area (Å²) in [5.74, 6) is 1.02. The highest BCUT2D eigenvalue weighted by atomic mass is 79.9. The van der Waals surface area contributed by atoms with Crippen molar-refractivity contribution in [2.24, 2.45) is 5.92 Å². The Morgan fingerprint density at radius 3 is 2.52 bits per heavy atom. The summed E-state index contributed by atoms with van der Waals surface area (Å²) in [5, 5.41) is 12.2. The quantitative estimate of drug-likeness (QED) is 0.528. The minimum atomic E-state index is -1.24. The summed E-state index contributed by atoms with van der Waals surface area (Å²) in [7, 11) is 7.59. The third kappa shape index (κ3) is 4.39. The Kier molecular flexibility index (Phi) is 7.83. The van der Waals surface area contributed by atoms with E-state index < -0.39 is 11.2 Å². The zero-order chi connectivity index (χ0) is 24.2. The molecule has 176 valence electrons. The van der Waals surface area contributed by atoms with Gasteiger partial charge in [-0.2, -0.15) is 0 Å². The average Bonchev–Trinajstić information content (AvgIpc) is 3.22. The predicted octanol–water partition coefficient (Wildman–Crippen LogP) is 5.60. The number of allylic oxidation sites excluding steroid dienone is 4. The molecule has 1 saturated carbocycles. The molecular weight excluding hydrogens is 480 g/mol. The van der Waals surface area contributed by atoms with Gasteiger partial charge >= 0.3 is 0 Å². The van der Waals surface area contributed by atoms with Gasteiger partial charge < -0.3 is 19.5 Å². The maximum Gasteiger partial charge on any atom is 0.174 e. The Labute approximate surface area is 205 Å². The molecule has 0 radical (unpaired) electrons. The van der Waals surface area contributed by atoms with E-state index in [1.807, 2.05) is 81.5 Å². The summed E-state index contributed by atoms with van der Waals surface area (Å²) in [6.07, 6.45) is 12.5. The lowest BCUT2D eigenvalue weighted by molar-refractivity contribution is -0.112. The van der Waals surface area contributed by atoms with E-state index in [2.05, 4.69) is 27.5 Å². The second-order valence-electron chi connectivity index (χ2n) is 8.75. The standard InChI is InChI=1S/C24H24BrNO3.C3H9N/c1-4-6-7-16(5-2)19-12-13-23(27)22-20(28-3)14-26-15-21(22)29-24(19,23)17-8-10-18(25)11-9-17;1-4(2)3/h4-11,14-15,19,27H,2,12-13H2,1,3H3;1-3H3/b6-4-,16-7+;. The van der Waals surface area contributed by atoms with E-state index in [0.717, 1.165) is 22.0 Å². The molecule has 1 aliphatic carbocycles. The number of nitrogens with zero attached hydrogens (tertiary/aromatic N) is 2. The SMILES string of the molecule is C=C/C(=C\C=C/C)C1CCC2(O)c3c(OC)cncc3OC12c1ccc(Br)cc1.CN(C)C. The van der Waals surface area contributed by atoms with Crippen molar-refractivity contribution in [1.29, 1.82) is 0 Å². The van der Waals surface area contributed by atoms with Crippen LogP contribution in [-0.2, 0) is 11.2 Å². The lowest BCUT2D eigenvalue weighted by atomic mass is 9.71. The van der Waals surface area contributed by atoms with Crippen molar-refractivity contribution in [3.8, 4) is 11.5 Å². The summed E-state index contributed by atoms with van der Waals surface area (Å²) in [5.41, 5.74) is 0.384. The molecule has 4 rings (SSSR count). The van der Waals surface area contributed by atoms with Crippen LogP contribution in [0.3, 0.4) is 0 Å². The molecule has 5 nitrogen and oxygen atoms in total. The van der Waals surface area contributed by atoms with Crippen molar-refractivity contribution in [2.75, 3.05) is 28.3 Å². The number of hydrogen-bond acceptors (Lipinski definition) is 5. The van der Waals surface area contributed by atoms with E-state index in [9.17, 15) is 5.11 Å². The predicted molar refractivity (Wildman–Crippen MR) is 137 cm³/mol. The molecular formula is C27H33BrN2O3. The maximum absolute atomic E-state index is 12.2. The van der Waals surface area contributed by atoms with Crippen LogP contribution in [0, 0.1) is 5.92 Å². The fraction of sp³-hybridized carbons (Fsp3) is 0.370. The smallest absolute Gasteiger partial charge is 0.174 e. The largest absolute Gasteiger partial charge is 0.495 e. The monoisotopic (exact) mass is 512 g/mol. The first kappa shape index (κ1) is 25.2. The van der Waals surface area contributed by atoms with Crippen molar-refractivity contribution < 1.29 is 14.6 Å². The van der Waals surface area contributed by atoms with Gasteiger partial charge in [-0.1, -0.05) is 58.9 Å². The molecule has 0 saturated heterocycles. The molecule has 3 unspecified atom stereocenters. The topological polar surface area (TPSA) is 54.8 Å². The van der Waals surface area contributed by atoms with Crippen molar-refractivity contribution in [3.63, 3.8) is 0 Å². The molecule has 0 bridgehead atoms. The number of aliphatic hydroxyl groups is 1. The van der Waals surface area contributed by atoms with E-state index in [4.69, 9.17) is 9.47 Å². The molecule has 1 fully saturated rings. The molecule has 2 aliphatic rings. The van der Waals surface area contributed by atoms with Crippen LogP contribution in [0.5, 0.6) is 11.5 Å². The van der Waals surface area contributed by atoms with Gasteiger partial charge in [0.25, 0.3) is 0 Å². The van der Waals surface area contributed by atoms with Crippen LogP contribution in [0.4, 0.5) is 0 Å². The van der Waals surface area contributed by atoms with E-state index in [-0.39, 0.29) is 5.92 Å². The van der Waals surface area contributed by atoms with Crippen LogP contribution in [0.2, 0.25) is 0 Å². The van der Waals surface area contributed by atoms with Gasteiger partial charge in [-0.3, -0.25) is 4.98 Å². The Morgan fingerprint density at radius 2 is 1.94 bits per heavy atom. The van der Waals surface area contributed by atoms with Gasteiger partial charge in [0.1, 0.15) is 17.1 Å². The van der Waals surface area contributed by atoms with Gasteiger partial charge in [0.15, 0.2) is 5.60 Å². The zero-order valence-corrected chi connectivity index (χ0v) is 21.6. The minimum Gasteiger partial charge on any atom is -0.495 e. The summed E-state index contributed by atoms with van der Waals surface area (Å²) in [6.45, 7) is 6.01. The number of rotatable bonds is 5. The number of ether oxygens (including phenoxy) is 2. The minimum absolute atomic E-state index is 0.0838. The molecule has 33 heavy (non-hydrogen) atoms. The fourth-order valence-electron chi connectivity index (χ4n) is 4.86. The van der Waals surface area contributed by atoms with Crippen molar-refractivity contribution in [3.05, 3.63) is 88.7 Å². The molecule has 6 heteroatoms. The van der Waals surface area contributed by atoms with E-state index in [1.54, 1.807) is 19.5 Å². The van der Waals surface area contributed by atoms with E-state index in [1.165, 1.54) is 0 Å². The number of methoxy groups -OCH3 is 1. The first-order valence-electron chi connectivity index (χ1n) is 11.0. The molecule has 3 atom stereocenters. The van der Waals surface area contributed by atoms with Gasteiger partial charge in [0, 0.05) is 10.4 Å². The molecule has 2 heterocycles. The highest BCUT2D eigenvalue weighted by molar-refractivity contribution is 9.10. The molecule has 1 aromatic carbocycles. The maximum atomic E-state index is 12.2. The first-order valence-corrected chi connectivity index (χ1v) is 11.8. The van der Waals surface area contributed by atoms with Crippen LogP contribution in [0.25, 0.3) is 0 Å². The van der Waals surface area contributed by atoms with Gasteiger partial charge in [-0.15, -0.1) is 0 Å². The molecule has 2 aromatic rings. The summed E-state index contributed by atoms with van der Waals surface area (Å²) >= 11 is 3.51. The van der Waals surface area contributed by atoms with Gasteiger partial charge in [-0.05, 0) is 64.2 Å². The van der Waals surface area contributed by atoms with Gasteiger partial charge in [0.05, 0.1) is 25.1 Å². The number of benzene rings is 1. The highest BCUT2D eigenvalue weighted by Gasteiger charge is 2.69. The zero-order valence-electron chi connectivity index (χ0n) is 20.0. The van der Waals surface area contributed by atoms with Crippen LogP contribution in [0.15, 0.2) is 77.6 Å². The van der Waals surface area contributed by atoms with E-state index >= 15 is 0 Å². The Hall–Kier alpha value is -2.41. The summed E-state index contributed by atoms with van der Waals surface area (Å²) < 4.78 is 13.2. The average molecular weight is 513 g/mol. The van der Waals surface area contributed by atoms with Gasteiger partial charge in [0.2, 0.25) is 0 Å². The fourth-order valence-corrected chi connectivity index (χ4v) is 5.13. The molecule has 1 N–H and O–H groups in total. The second-order valence-corrected chi connectivity index (χ2v) is 9.66. The van der Waals surface area contributed by atoms with Crippen molar-refractivity contribution in [1.82, 2.24) is 9.88 Å². The molecule has 1 aliphatic heterocycles. The Balaban J connectivity index is 0.000000709. The van der Waals surface area contributed by atoms with Crippen LogP contribution in [-0.4, -0.2) is 43.2 Å². The van der Waals surface area contributed by atoms with Crippen molar-refractivity contribution in [2.45, 2.75) is 31.0 Å². The summed E-state index contributed by atoms with van der Waals surface area (Å²) in [6, 6.07) is 7.97. The second kappa shape index (κ2) is 10.2. The van der Waals surface area contributed by atoms with Crippen LogP contribution >= 0.6 is 15.9 Å². The lowest BCUT2D eigenvalue weighted by Crippen LogP contribution is -2.49. The molecule has 0 spiro atoms. The molecule has 1 aromatic heterocycles. The number of halogens is 1.